The minimum Gasteiger partial charge on any atom is -0.505 e. The Balaban J connectivity index is 1.23. The number of hydrogen-bond acceptors (Lipinski definition) is 17. The van der Waals surface area contributed by atoms with E-state index in [1.54, 1.807) is 12.1 Å². The molecule has 0 saturated carbocycles. The Kier molecular flexibility index (Phi) is 8.49. The number of piperidine rings is 1. The molecular weight excluding hydrogens is 652 g/mol. The summed E-state index contributed by atoms with van der Waals surface area (Å²) in [5, 5.41) is 98.0. The molecule has 3 aromatic heterocycles. The third-order valence-electron chi connectivity index (χ3n) is 8.24. The summed E-state index contributed by atoms with van der Waals surface area (Å²) in [4.78, 5) is 40.0. The molecule has 2 amide bonds. The molecule has 2 fully saturated rings. The van der Waals surface area contributed by atoms with Crippen molar-refractivity contribution >= 4 is 34.9 Å². The first-order valence-corrected chi connectivity index (χ1v) is 14.7. The summed E-state index contributed by atoms with van der Waals surface area (Å²) in [6, 6.07) is 9.51. The third kappa shape index (κ3) is 6.02. The summed E-state index contributed by atoms with van der Waals surface area (Å²) < 4.78 is 3.89. The number of nitrogens with zero attached hydrogens (tertiary/aromatic N) is 5. The number of fused-ring (bicyclic) bond motifs is 1. The predicted octanol–water partition coefficient (Wildman–Crippen LogP) is -2.92. The number of amides is 2. The summed E-state index contributed by atoms with van der Waals surface area (Å²) in [7, 11) is 0. The van der Waals surface area contributed by atoms with Crippen molar-refractivity contribution in [3.05, 3.63) is 60.2 Å². The van der Waals surface area contributed by atoms with Gasteiger partial charge in [-0.1, -0.05) is 12.1 Å². The Morgan fingerprint density at radius 2 is 1.69 bits per heavy atom. The molecule has 12 N–H and O–H groups in total. The van der Waals surface area contributed by atoms with Gasteiger partial charge < -0.3 is 61.6 Å². The van der Waals surface area contributed by atoms with E-state index >= 15 is 0 Å². The molecule has 0 spiro atoms. The van der Waals surface area contributed by atoms with Gasteiger partial charge in [0.15, 0.2) is 11.6 Å². The summed E-state index contributed by atoms with van der Waals surface area (Å²) in [5.74, 6) is -19.1. The lowest BCUT2D eigenvalue weighted by molar-refractivity contribution is -0.606. The number of H-pyrrole nitrogens is 1. The fourth-order valence-corrected chi connectivity index (χ4v) is 5.81. The van der Waals surface area contributed by atoms with Crippen LogP contribution in [0.15, 0.2) is 48.9 Å². The van der Waals surface area contributed by atoms with Gasteiger partial charge in [-0.3, -0.25) is 24.2 Å². The first kappa shape index (κ1) is 34.0. The second-order valence-corrected chi connectivity index (χ2v) is 11.6. The number of carbonyl (C=O) groups excluding carboxylic acids is 2. The normalized spacial score (nSPS) is 21.3. The van der Waals surface area contributed by atoms with Gasteiger partial charge in [0.25, 0.3) is 5.91 Å². The molecule has 2 aliphatic heterocycles. The van der Waals surface area contributed by atoms with Crippen molar-refractivity contribution in [1.29, 1.82) is 0 Å². The van der Waals surface area contributed by atoms with Gasteiger partial charge in [0.2, 0.25) is 6.41 Å². The number of benzene rings is 1. The van der Waals surface area contributed by atoms with E-state index in [9.17, 15) is 55.5 Å². The number of nitrogens with one attached hydrogen (secondary N) is 3. The smallest absolute Gasteiger partial charge is 0.362 e. The number of likely N-dealkylation sites (tertiary alicyclic amines) is 1. The van der Waals surface area contributed by atoms with Gasteiger partial charge in [0.1, 0.15) is 23.1 Å². The fraction of sp³-hybridized carbons (Fsp3) is 0.345. The topological polar surface area (TPSA) is 310 Å². The Morgan fingerprint density at radius 3 is 2.37 bits per heavy atom. The molecule has 2 aliphatic rings. The lowest BCUT2D eigenvalue weighted by atomic mass is 10.1. The van der Waals surface area contributed by atoms with Gasteiger partial charge >= 0.3 is 23.8 Å². The molecule has 0 aliphatic carbocycles. The number of aromatic nitrogens is 4. The van der Waals surface area contributed by atoms with Crippen LogP contribution in [0.25, 0.3) is 22.3 Å². The van der Waals surface area contributed by atoms with Crippen molar-refractivity contribution in [2.75, 3.05) is 23.3 Å². The highest BCUT2D eigenvalue weighted by Crippen LogP contribution is 2.48. The second kappa shape index (κ2) is 12.2. The number of ether oxygens (including phenoxy) is 1. The molecule has 20 nitrogen and oxygen atoms in total. The highest BCUT2D eigenvalue weighted by molar-refractivity contribution is 6.03. The first-order valence-electron chi connectivity index (χ1n) is 14.7. The van der Waals surface area contributed by atoms with Gasteiger partial charge in [-0.25, -0.2) is 14.9 Å². The van der Waals surface area contributed by atoms with Gasteiger partial charge in [0, 0.05) is 36.6 Å². The SMILES string of the molecule is O=CNC1CCCN(Cc2ccnc(C(=O)Nc3ccc(-c4[nH]c5ncnc(N6C(O)(O)C(O)(O)OC(O)(O)C6(O)O)c5c4O)cc3)c2)C1. The molecular formula is C29H32N8O12. The Labute approximate surface area is 275 Å². The zero-order valence-electron chi connectivity index (χ0n) is 25.3. The van der Waals surface area contributed by atoms with Crippen LogP contribution in [0.4, 0.5) is 11.5 Å². The van der Waals surface area contributed by atoms with Crippen LogP contribution in [0.2, 0.25) is 0 Å². The molecule has 20 heteroatoms. The van der Waals surface area contributed by atoms with Crippen LogP contribution in [0.3, 0.4) is 0 Å². The molecule has 1 aromatic carbocycles. The standard InChI is InChI=1S/C29H32N8O12/c38-14-33-18-2-1-9-36(12-18)11-15-7-8-30-19(10-15)25(40)34-17-5-3-16(4-6-17)21-22(39)20-23(35-21)31-13-32-24(20)37-26(41,42)28(45,46)49-29(47,48)27(37,43)44/h3-8,10,13-14,18,39,41-48H,1-2,9,11-12H2,(H,33,38)(H,34,40)(H,31,32,35). The number of aliphatic hydroxyl groups is 8. The molecule has 260 valence electrons. The van der Waals surface area contributed by atoms with E-state index < -0.39 is 51.5 Å². The molecule has 0 radical (unpaired) electrons. The van der Waals surface area contributed by atoms with E-state index in [0.29, 0.717) is 25.2 Å². The van der Waals surface area contributed by atoms with Crippen LogP contribution in [0.1, 0.15) is 28.9 Å². The number of carbonyl (C=O) groups is 2. The van der Waals surface area contributed by atoms with Crippen molar-refractivity contribution in [1.82, 2.24) is 30.2 Å². The van der Waals surface area contributed by atoms with Crippen molar-refractivity contribution < 1.29 is 60.3 Å². The van der Waals surface area contributed by atoms with E-state index in [4.69, 9.17) is 0 Å². The third-order valence-corrected chi connectivity index (χ3v) is 8.24. The molecule has 1 unspecified atom stereocenters. The van der Waals surface area contributed by atoms with E-state index in [-0.39, 0.29) is 28.6 Å². The number of pyridine rings is 1. The summed E-state index contributed by atoms with van der Waals surface area (Å²) in [6.45, 7) is 2.11. The second-order valence-electron chi connectivity index (χ2n) is 11.6. The van der Waals surface area contributed by atoms with Crippen LogP contribution in [-0.4, -0.2) is 126 Å². The quantitative estimate of drug-likeness (QED) is 0.0653. The molecule has 49 heavy (non-hydrogen) atoms. The molecule has 1 atom stereocenters. The van der Waals surface area contributed by atoms with Crippen molar-refractivity contribution in [2.24, 2.45) is 0 Å². The van der Waals surface area contributed by atoms with Gasteiger partial charge in [-0.05, 0) is 49.2 Å². The molecule has 4 aromatic rings. The Hall–Kier alpha value is -4.87. The predicted molar refractivity (Wildman–Crippen MR) is 163 cm³/mol. The summed E-state index contributed by atoms with van der Waals surface area (Å²) >= 11 is 0. The average Bonchev–Trinajstić information content (AvgIpc) is 3.37. The maximum atomic E-state index is 13.0. The lowest BCUT2D eigenvalue weighted by Gasteiger charge is -2.55. The molecule has 0 bridgehead atoms. The summed E-state index contributed by atoms with van der Waals surface area (Å²) in [5.41, 5.74) is 1.35. The Bertz CT molecular complexity index is 1850. The van der Waals surface area contributed by atoms with E-state index in [2.05, 4.69) is 40.2 Å². The highest BCUT2D eigenvalue weighted by atomic mass is 16.9. The van der Waals surface area contributed by atoms with E-state index in [0.717, 1.165) is 31.3 Å². The zero-order chi connectivity index (χ0) is 35.4. The molecule has 2 saturated heterocycles. The van der Waals surface area contributed by atoms with Crippen LogP contribution < -0.4 is 15.5 Å². The Morgan fingerprint density at radius 1 is 1.00 bits per heavy atom. The number of morpholine rings is 1. The van der Waals surface area contributed by atoms with Crippen LogP contribution in [0.5, 0.6) is 5.75 Å². The number of rotatable bonds is 8. The van der Waals surface area contributed by atoms with E-state index in [1.807, 2.05) is 0 Å². The molecule has 5 heterocycles. The van der Waals surface area contributed by atoms with E-state index in [1.165, 1.54) is 30.5 Å². The molecule has 6 rings (SSSR count). The number of aromatic hydroxyl groups is 1. The van der Waals surface area contributed by atoms with Crippen LogP contribution in [-0.2, 0) is 16.1 Å². The average molecular weight is 685 g/mol. The maximum absolute atomic E-state index is 13.0. The van der Waals surface area contributed by atoms with Crippen LogP contribution >= 0.6 is 0 Å². The van der Waals surface area contributed by atoms with Gasteiger partial charge in [-0.2, -0.15) is 0 Å². The zero-order valence-corrected chi connectivity index (χ0v) is 25.3. The number of anilines is 2. The van der Waals surface area contributed by atoms with Crippen molar-refractivity contribution in [2.45, 2.75) is 49.2 Å². The largest absolute Gasteiger partial charge is 0.505 e. The highest BCUT2D eigenvalue weighted by Gasteiger charge is 2.75. The van der Waals surface area contributed by atoms with Crippen LogP contribution in [0, 0.1) is 0 Å². The van der Waals surface area contributed by atoms with Gasteiger partial charge in [0.05, 0.1) is 5.69 Å². The van der Waals surface area contributed by atoms with Gasteiger partial charge in [-0.15, -0.1) is 0 Å². The summed E-state index contributed by atoms with van der Waals surface area (Å²) in [6.07, 6.45) is 4.81. The maximum Gasteiger partial charge on any atom is 0.362 e. The number of hydrogen-bond donors (Lipinski definition) is 12. The first-order chi connectivity index (χ1) is 23.1. The lowest BCUT2D eigenvalue weighted by Crippen LogP contribution is -2.84. The number of aromatic amines is 1. The minimum atomic E-state index is -4.25. The monoisotopic (exact) mass is 684 g/mol. The van der Waals surface area contributed by atoms with Crippen molar-refractivity contribution in [3.8, 4) is 17.0 Å². The van der Waals surface area contributed by atoms with Crippen molar-refractivity contribution in [3.63, 3.8) is 0 Å². The minimum absolute atomic E-state index is 0.0663. The fourth-order valence-electron chi connectivity index (χ4n) is 5.81.